The monoisotopic (exact) mass is 276 g/mol. The maximum absolute atomic E-state index is 11.6. The Morgan fingerprint density at radius 1 is 1.53 bits per heavy atom. The Morgan fingerprint density at radius 2 is 2.24 bits per heavy atom. The first-order valence-corrected chi connectivity index (χ1v) is 7.60. The molecule has 0 radical (unpaired) electrons. The molecule has 0 fully saturated rings. The smallest absolute Gasteiger partial charge is 0.282 e. The molecule has 1 aromatic rings. The van der Waals surface area contributed by atoms with Crippen molar-refractivity contribution in [2.45, 2.75) is 18.6 Å². The quantitative estimate of drug-likeness (QED) is 0.789. The Kier molecular flexibility index (Phi) is 5.49. The highest BCUT2D eigenvalue weighted by Gasteiger charge is 2.12. The summed E-state index contributed by atoms with van der Waals surface area (Å²) in [6, 6.07) is 0. The molecule has 0 saturated heterocycles. The molecule has 0 saturated carbocycles. The largest absolute Gasteiger partial charge is 0.363 e. The molecule has 0 spiro atoms. The van der Waals surface area contributed by atoms with Crippen molar-refractivity contribution in [1.82, 2.24) is 15.5 Å². The third-order valence-corrected chi connectivity index (χ3v) is 4.54. The summed E-state index contributed by atoms with van der Waals surface area (Å²) in [7, 11) is 0.869. The fourth-order valence-corrected chi connectivity index (χ4v) is 2.11. The first-order chi connectivity index (χ1) is 8.04. The normalized spacial score (nSPS) is 14.1. The summed E-state index contributed by atoms with van der Waals surface area (Å²) in [5.74, 6) is -0.238. The van der Waals surface area contributed by atoms with Gasteiger partial charge in [-0.2, -0.15) is 0 Å². The highest BCUT2D eigenvalue weighted by Crippen LogP contribution is 2.13. The fourth-order valence-electron chi connectivity index (χ4n) is 1.05. The van der Waals surface area contributed by atoms with Gasteiger partial charge in [-0.25, -0.2) is 0 Å². The number of nitrogens with zero attached hydrogens (tertiary/aromatic N) is 2. The van der Waals surface area contributed by atoms with Crippen LogP contribution in [0.3, 0.4) is 0 Å². The third-order valence-electron chi connectivity index (χ3n) is 2.24. The van der Waals surface area contributed by atoms with Crippen LogP contribution in [-0.2, 0) is 10.8 Å². The molecule has 0 aliphatic carbocycles. The van der Waals surface area contributed by atoms with Gasteiger partial charge in [-0.05, 0) is 6.42 Å². The van der Waals surface area contributed by atoms with Gasteiger partial charge in [-0.1, -0.05) is 18.3 Å². The molecule has 8 heteroatoms. The summed E-state index contributed by atoms with van der Waals surface area (Å²) in [6.07, 6.45) is 2.35. The number of amides is 1. The highest BCUT2D eigenvalue weighted by atomic mass is 32.2. The number of anilines is 1. The SMILES string of the molecule is CNc1nnc(C(=O)NCCC(C)S(C)=O)s1. The summed E-state index contributed by atoms with van der Waals surface area (Å²) < 4.78 is 11.1. The zero-order valence-corrected chi connectivity index (χ0v) is 11.7. The summed E-state index contributed by atoms with van der Waals surface area (Å²) >= 11 is 1.20. The maximum atomic E-state index is 11.6. The molecule has 0 aliphatic heterocycles. The summed E-state index contributed by atoms with van der Waals surface area (Å²) in [6.45, 7) is 2.39. The highest BCUT2D eigenvalue weighted by molar-refractivity contribution is 7.84. The molecule has 1 heterocycles. The van der Waals surface area contributed by atoms with Crippen LogP contribution >= 0.6 is 11.3 Å². The molecule has 0 aromatic carbocycles. The second kappa shape index (κ2) is 6.65. The van der Waals surface area contributed by atoms with Gasteiger partial charge in [0.05, 0.1) is 0 Å². The van der Waals surface area contributed by atoms with E-state index in [1.54, 1.807) is 13.3 Å². The number of carbonyl (C=O) groups is 1. The lowest BCUT2D eigenvalue weighted by atomic mass is 10.3. The average Bonchev–Trinajstić information content (AvgIpc) is 2.77. The lowest BCUT2D eigenvalue weighted by Crippen LogP contribution is -2.27. The minimum atomic E-state index is -0.853. The predicted octanol–water partition coefficient (Wildman–Crippen LogP) is 0.467. The first-order valence-electron chi connectivity index (χ1n) is 5.16. The van der Waals surface area contributed by atoms with Crippen molar-refractivity contribution >= 4 is 33.2 Å². The van der Waals surface area contributed by atoms with Gasteiger partial charge >= 0.3 is 0 Å². The van der Waals surface area contributed by atoms with Crippen LogP contribution in [-0.4, -0.2) is 45.4 Å². The number of aromatic nitrogens is 2. The minimum Gasteiger partial charge on any atom is -0.363 e. The van der Waals surface area contributed by atoms with Gasteiger partial charge in [-0.15, -0.1) is 10.2 Å². The maximum Gasteiger partial charge on any atom is 0.282 e. The first kappa shape index (κ1) is 14.0. The number of hydrogen-bond donors (Lipinski definition) is 2. The number of rotatable bonds is 6. The van der Waals surface area contributed by atoms with Crippen LogP contribution in [0.4, 0.5) is 5.13 Å². The van der Waals surface area contributed by atoms with Crippen molar-refractivity contribution in [3.8, 4) is 0 Å². The Morgan fingerprint density at radius 3 is 2.76 bits per heavy atom. The topological polar surface area (TPSA) is 84.0 Å². The second-order valence-corrected chi connectivity index (χ2v) is 6.30. The molecule has 17 heavy (non-hydrogen) atoms. The van der Waals surface area contributed by atoms with Gasteiger partial charge < -0.3 is 10.6 Å². The Labute approximate surface area is 107 Å². The standard InChI is InChI=1S/C9H16N4O2S2/c1-6(17(3)15)4-5-11-7(14)8-12-13-9(10-2)16-8/h6H,4-5H2,1-3H3,(H,10,13)(H,11,14). The van der Waals surface area contributed by atoms with Crippen molar-refractivity contribution in [3.63, 3.8) is 0 Å². The molecule has 0 aliphatic rings. The van der Waals surface area contributed by atoms with Crippen LogP contribution in [0.1, 0.15) is 23.1 Å². The lowest BCUT2D eigenvalue weighted by Gasteiger charge is -2.07. The molecule has 2 N–H and O–H groups in total. The van der Waals surface area contributed by atoms with Crippen molar-refractivity contribution in [1.29, 1.82) is 0 Å². The minimum absolute atomic E-state index is 0.0811. The van der Waals surface area contributed by atoms with Crippen molar-refractivity contribution in [2.24, 2.45) is 0 Å². The van der Waals surface area contributed by atoms with Gasteiger partial charge in [0, 0.05) is 35.9 Å². The van der Waals surface area contributed by atoms with E-state index in [2.05, 4.69) is 20.8 Å². The molecule has 1 rings (SSSR count). The second-order valence-electron chi connectivity index (χ2n) is 3.52. The zero-order valence-electron chi connectivity index (χ0n) is 10.0. The van der Waals surface area contributed by atoms with Crippen LogP contribution < -0.4 is 10.6 Å². The van der Waals surface area contributed by atoms with Crippen LogP contribution in [0.2, 0.25) is 0 Å². The van der Waals surface area contributed by atoms with E-state index in [9.17, 15) is 9.00 Å². The molecular weight excluding hydrogens is 260 g/mol. The van der Waals surface area contributed by atoms with Crippen molar-refractivity contribution in [3.05, 3.63) is 5.01 Å². The molecule has 96 valence electrons. The van der Waals surface area contributed by atoms with Gasteiger partial charge in [0.15, 0.2) is 0 Å². The average molecular weight is 276 g/mol. The van der Waals surface area contributed by atoms with E-state index < -0.39 is 10.8 Å². The van der Waals surface area contributed by atoms with E-state index in [1.807, 2.05) is 6.92 Å². The summed E-state index contributed by atoms with van der Waals surface area (Å²) in [5.41, 5.74) is 0. The molecule has 1 amide bonds. The third kappa shape index (κ3) is 4.39. The number of nitrogens with one attached hydrogen (secondary N) is 2. The van der Waals surface area contributed by atoms with E-state index >= 15 is 0 Å². The van der Waals surface area contributed by atoms with E-state index in [-0.39, 0.29) is 11.2 Å². The van der Waals surface area contributed by atoms with Crippen molar-refractivity contribution in [2.75, 3.05) is 25.2 Å². The molecule has 2 unspecified atom stereocenters. The summed E-state index contributed by atoms with van der Waals surface area (Å²) in [5, 5.41) is 14.1. The number of carbonyl (C=O) groups excluding carboxylic acids is 1. The Hall–Kier alpha value is -1.02. The van der Waals surface area contributed by atoms with Gasteiger partial charge in [0.2, 0.25) is 10.1 Å². The van der Waals surface area contributed by atoms with Crippen molar-refractivity contribution < 1.29 is 9.00 Å². The van der Waals surface area contributed by atoms with Crippen LogP contribution in [0.5, 0.6) is 0 Å². The van der Waals surface area contributed by atoms with Crippen LogP contribution in [0, 0.1) is 0 Å². The predicted molar refractivity (Wildman–Crippen MR) is 69.9 cm³/mol. The zero-order chi connectivity index (χ0) is 12.8. The fraction of sp³-hybridized carbons (Fsp3) is 0.667. The molecule has 1 aromatic heterocycles. The van der Waals surface area contributed by atoms with Gasteiger partial charge in [-0.3, -0.25) is 9.00 Å². The van der Waals surface area contributed by atoms with E-state index in [0.717, 1.165) is 0 Å². The Balaban J connectivity index is 2.37. The Bertz CT molecular complexity index is 407. The number of hydrogen-bond acceptors (Lipinski definition) is 6. The molecule has 0 bridgehead atoms. The van der Waals surface area contributed by atoms with Crippen LogP contribution in [0.15, 0.2) is 0 Å². The van der Waals surface area contributed by atoms with Gasteiger partial charge in [0.1, 0.15) is 0 Å². The van der Waals surface area contributed by atoms with Gasteiger partial charge in [0.25, 0.3) is 5.91 Å². The van der Waals surface area contributed by atoms with E-state index in [1.165, 1.54) is 11.3 Å². The molecule has 6 nitrogen and oxygen atoms in total. The summed E-state index contributed by atoms with van der Waals surface area (Å²) in [4.78, 5) is 11.6. The molecular formula is C9H16N4O2S2. The van der Waals surface area contributed by atoms with E-state index in [0.29, 0.717) is 23.1 Å². The van der Waals surface area contributed by atoms with E-state index in [4.69, 9.17) is 0 Å². The lowest BCUT2D eigenvalue weighted by molar-refractivity contribution is 0.0952. The van der Waals surface area contributed by atoms with Crippen LogP contribution in [0.25, 0.3) is 0 Å². The molecule has 2 atom stereocenters.